The highest BCUT2D eigenvalue weighted by molar-refractivity contribution is 5.85. The summed E-state index contributed by atoms with van der Waals surface area (Å²) in [6, 6.07) is 6.01. The normalized spacial score (nSPS) is 15.1. The van der Waals surface area contributed by atoms with Crippen molar-refractivity contribution in [3.05, 3.63) is 30.1 Å². The number of carboxylic acid groups (broad SMARTS) is 1. The zero-order chi connectivity index (χ0) is 19.6. The van der Waals surface area contributed by atoms with Crippen molar-refractivity contribution in [1.29, 1.82) is 0 Å². The first-order chi connectivity index (χ1) is 13.0. The minimum Gasteiger partial charge on any atom is -0.492 e. The Balaban J connectivity index is 0.00000392. The van der Waals surface area contributed by atoms with Crippen LogP contribution in [0.4, 0.5) is 4.39 Å². The molecule has 0 radical (unpaired) electrons. The quantitative estimate of drug-likeness (QED) is 0.563. The van der Waals surface area contributed by atoms with Gasteiger partial charge in [-0.1, -0.05) is 6.92 Å². The number of hydrogen-bond donors (Lipinski definition) is 2. The first-order valence-corrected chi connectivity index (χ1v) is 9.31. The molecule has 158 valence electrons. The van der Waals surface area contributed by atoms with Crippen molar-refractivity contribution >= 4 is 24.3 Å². The average Bonchev–Trinajstić information content (AvgIpc) is 2.65. The van der Waals surface area contributed by atoms with E-state index in [2.05, 4.69) is 10.2 Å². The minimum absolute atomic E-state index is 0. The van der Waals surface area contributed by atoms with Gasteiger partial charge in [0.25, 0.3) is 0 Å². The van der Waals surface area contributed by atoms with Crippen LogP contribution in [0.2, 0.25) is 0 Å². The fourth-order valence-electron chi connectivity index (χ4n) is 3.26. The van der Waals surface area contributed by atoms with E-state index in [9.17, 15) is 14.0 Å². The SMILES string of the molecule is CCN(CC(=O)O)C1CCN(CC(=O)NCCOc2ccc(F)cc2)CC1.Cl. The molecule has 0 bridgehead atoms. The van der Waals surface area contributed by atoms with Gasteiger partial charge >= 0.3 is 5.97 Å². The maximum Gasteiger partial charge on any atom is 0.317 e. The molecule has 0 spiro atoms. The highest BCUT2D eigenvalue weighted by Crippen LogP contribution is 2.16. The molecule has 0 unspecified atom stereocenters. The number of nitrogens with one attached hydrogen (secondary N) is 1. The number of amides is 1. The van der Waals surface area contributed by atoms with Crippen LogP contribution in [0, 0.1) is 5.82 Å². The number of carbonyl (C=O) groups excluding carboxylic acids is 1. The maximum absolute atomic E-state index is 12.8. The van der Waals surface area contributed by atoms with Crippen molar-refractivity contribution in [2.24, 2.45) is 0 Å². The first-order valence-electron chi connectivity index (χ1n) is 9.31. The van der Waals surface area contributed by atoms with Crippen LogP contribution in [-0.2, 0) is 9.59 Å². The number of halogens is 2. The van der Waals surface area contributed by atoms with E-state index in [4.69, 9.17) is 9.84 Å². The summed E-state index contributed by atoms with van der Waals surface area (Å²) in [5.41, 5.74) is 0. The van der Waals surface area contributed by atoms with Crippen LogP contribution in [0.25, 0.3) is 0 Å². The van der Waals surface area contributed by atoms with Crippen LogP contribution >= 0.6 is 12.4 Å². The van der Waals surface area contributed by atoms with Crippen molar-refractivity contribution in [2.45, 2.75) is 25.8 Å². The lowest BCUT2D eigenvalue weighted by atomic mass is 10.0. The fraction of sp³-hybridized carbons (Fsp3) is 0.579. The lowest BCUT2D eigenvalue weighted by Crippen LogP contribution is -2.48. The van der Waals surface area contributed by atoms with Crippen LogP contribution in [0.15, 0.2) is 24.3 Å². The Morgan fingerprint density at radius 2 is 1.93 bits per heavy atom. The Bertz CT molecular complexity index is 610. The van der Waals surface area contributed by atoms with E-state index < -0.39 is 5.97 Å². The van der Waals surface area contributed by atoms with E-state index in [1.54, 1.807) is 12.1 Å². The molecule has 1 amide bonds. The summed E-state index contributed by atoms with van der Waals surface area (Å²) in [6.07, 6.45) is 1.73. The zero-order valence-corrected chi connectivity index (χ0v) is 16.9. The number of benzene rings is 1. The van der Waals surface area contributed by atoms with Gasteiger partial charge in [-0.2, -0.15) is 0 Å². The van der Waals surface area contributed by atoms with E-state index in [0.29, 0.717) is 32.0 Å². The second kappa shape index (κ2) is 12.5. The molecule has 0 saturated carbocycles. The molecule has 0 atom stereocenters. The predicted molar refractivity (Wildman–Crippen MR) is 106 cm³/mol. The van der Waals surface area contributed by atoms with Crippen LogP contribution < -0.4 is 10.1 Å². The van der Waals surface area contributed by atoms with Gasteiger partial charge in [0.15, 0.2) is 0 Å². The maximum atomic E-state index is 12.8. The molecule has 1 aromatic carbocycles. The third kappa shape index (κ3) is 8.41. The van der Waals surface area contributed by atoms with Crippen LogP contribution in [0.3, 0.4) is 0 Å². The molecule has 7 nitrogen and oxygen atoms in total. The summed E-state index contributed by atoms with van der Waals surface area (Å²) in [5.74, 6) is -0.616. The number of likely N-dealkylation sites (tertiary alicyclic amines) is 1. The summed E-state index contributed by atoms with van der Waals surface area (Å²) in [4.78, 5) is 27.0. The van der Waals surface area contributed by atoms with E-state index in [-0.39, 0.29) is 36.7 Å². The fourth-order valence-corrected chi connectivity index (χ4v) is 3.26. The third-order valence-electron chi connectivity index (χ3n) is 4.69. The smallest absolute Gasteiger partial charge is 0.317 e. The molecular weight excluding hydrogens is 389 g/mol. The number of ether oxygens (including phenoxy) is 1. The molecule has 1 fully saturated rings. The number of nitrogens with zero attached hydrogens (tertiary/aromatic N) is 2. The summed E-state index contributed by atoms with van der Waals surface area (Å²) < 4.78 is 18.2. The Labute approximate surface area is 171 Å². The summed E-state index contributed by atoms with van der Waals surface area (Å²) in [7, 11) is 0. The van der Waals surface area contributed by atoms with Gasteiger partial charge in [0.1, 0.15) is 18.2 Å². The minimum atomic E-state index is -0.804. The Kier molecular flexibility index (Phi) is 10.8. The zero-order valence-electron chi connectivity index (χ0n) is 16.1. The van der Waals surface area contributed by atoms with Crippen molar-refractivity contribution in [1.82, 2.24) is 15.1 Å². The number of rotatable bonds is 10. The average molecular weight is 418 g/mol. The Morgan fingerprint density at radius 3 is 2.50 bits per heavy atom. The Hall–Kier alpha value is -1.90. The molecule has 0 aromatic heterocycles. The van der Waals surface area contributed by atoms with Gasteiger partial charge in [-0.05, 0) is 43.7 Å². The second-order valence-corrected chi connectivity index (χ2v) is 6.62. The highest BCUT2D eigenvalue weighted by atomic mass is 35.5. The van der Waals surface area contributed by atoms with Crippen LogP contribution in [0.1, 0.15) is 19.8 Å². The molecule has 1 aromatic rings. The van der Waals surface area contributed by atoms with Crippen molar-refractivity contribution in [3.8, 4) is 5.75 Å². The van der Waals surface area contributed by atoms with Crippen LogP contribution in [-0.4, -0.2) is 78.7 Å². The molecule has 9 heteroatoms. The van der Waals surface area contributed by atoms with E-state index in [1.165, 1.54) is 12.1 Å². The first kappa shape index (κ1) is 24.1. The Morgan fingerprint density at radius 1 is 1.29 bits per heavy atom. The number of aliphatic carboxylic acids is 1. The van der Waals surface area contributed by atoms with E-state index >= 15 is 0 Å². The van der Waals surface area contributed by atoms with Gasteiger partial charge < -0.3 is 15.2 Å². The molecule has 2 rings (SSSR count). The molecule has 1 aliphatic heterocycles. The largest absolute Gasteiger partial charge is 0.492 e. The molecule has 1 aliphatic rings. The molecular formula is C19H29ClFN3O4. The van der Waals surface area contributed by atoms with E-state index in [1.807, 2.05) is 11.8 Å². The molecule has 1 saturated heterocycles. The number of carboxylic acids is 1. The number of hydrogen-bond acceptors (Lipinski definition) is 5. The van der Waals surface area contributed by atoms with Gasteiger partial charge in [-0.3, -0.25) is 19.4 Å². The van der Waals surface area contributed by atoms with Crippen molar-refractivity contribution < 1.29 is 23.8 Å². The number of piperidine rings is 1. The van der Waals surface area contributed by atoms with Gasteiger partial charge in [0, 0.05) is 19.1 Å². The highest BCUT2D eigenvalue weighted by Gasteiger charge is 2.25. The van der Waals surface area contributed by atoms with Gasteiger partial charge in [0.2, 0.25) is 5.91 Å². The van der Waals surface area contributed by atoms with Gasteiger partial charge in [0.05, 0.1) is 19.6 Å². The second-order valence-electron chi connectivity index (χ2n) is 6.62. The molecule has 1 heterocycles. The van der Waals surface area contributed by atoms with Crippen LogP contribution in [0.5, 0.6) is 5.75 Å². The standard InChI is InChI=1S/C19H28FN3O4.ClH/c1-2-23(14-19(25)26)16-7-10-22(11-8-16)13-18(24)21-9-12-27-17-5-3-15(20)4-6-17;/h3-6,16H,2,7-14H2,1H3,(H,21,24)(H,25,26);1H. The third-order valence-corrected chi connectivity index (χ3v) is 4.69. The number of likely N-dealkylation sites (N-methyl/N-ethyl adjacent to an activating group) is 1. The van der Waals surface area contributed by atoms with Gasteiger partial charge in [-0.25, -0.2) is 4.39 Å². The van der Waals surface area contributed by atoms with E-state index in [0.717, 1.165) is 25.9 Å². The topological polar surface area (TPSA) is 82.1 Å². The molecule has 2 N–H and O–H groups in total. The van der Waals surface area contributed by atoms with Gasteiger partial charge in [-0.15, -0.1) is 12.4 Å². The van der Waals surface area contributed by atoms with Crippen molar-refractivity contribution in [3.63, 3.8) is 0 Å². The predicted octanol–water partition coefficient (Wildman–Crippen LogP) is 1.61. The summed E-state index contributed by atoms with van der Waals surface area (Å²) in [5, 5.41) is 11.8. The number of carbonyl (C=O) groups is 2. The lowest BCUT2D eigenvalue weighted by Gasteiger charge is -2.37. The lowest BCUT2D eigenvalue weighted by molar-refractivity contribution is -0.139. The monoisotopic (exact) mass is 417 g/mol. The van der Waals surface area contributed by atoms with Crippen molar-refractivity contribution in [2.75, 3.05) is 45.9 Å². The molecule has 0 aliphatic carbocycles. The summed E-state index contributed by atoms with van der Waals surface area (Å²) in [6.45, 7) is 5.34. The molecule has 28 heavy (non-hydrogen) atoms. The summed E-state index contributed by atoms with van der Waals surface area (Å²) >= 11 is 0.